The lowest BCUT2D eigenvalue weighted by Gasteiger charge is -2.16. The molecular weight excluding hydrogens is 780 g/mol. The third-order valence-electron chi connectivity index (χ3n) is 11.1. The van der Waals surface area contributed by atoms with Gasteiger partial charge in [-0.25, -0.2) is 9.97 Å². The number of fused-ring (bicyclic) bond motifs is 8. The van der Waals surface area contributed by atoms with Gasteiger partial charge in [-0.15, -0.1) is 0 Å². The number of aromatic amines is 2. The molecule has 8 bridgehead atoms. The SMILES string of the molecule is CCc1c(C)c2cc3[nH]c(cc4nc(c5c(O)n(Cc6cc(C(F)(F)F)cc(C(F)(F)F)c6)c(=O)c6c(C)c(cc1[nH]2)nc56)C(CCC(=O)OC)=C4C)c(C)c3=C(C)O. The molecule has 1 aliphatic heterocycles. The van der Waals surface area contributed by atoms with Gasteiger partial charge in [0.2, 0.25) is 5.88 Å². The van der Waals surface area contributed by atoms with Crippen molar-refractivity contribution in [1.29, 1.82) is 0 Å². The smallest absolute Gasteiger partial charge is 0.416 e. The Bertz CT molecular complexity index is 3010. The van der Waals surface area contributed by atoms with E-state index in [2.05, 4.69) is 9.97 Å². The predicted octanol–water partition coefficient (Wildman–Crippen LogP) is 9.48. The lowest BCUT2D eigenvalue weighted by atomic mass is 9.98. The summed E-state index contributed by atoms with van der Waals surface area (Å²) in [5, 5.41) is 23.5. The second-order valence-electron chi connectivity index (χ2n) is 14.8. The van der Waals surface area contributed by atoms with E-state index >= 15 is 0 Å². The number of aromatic nitrogens is 5. The molecule has 5 aromatic heterocycles. The highest BCUT2D eigenvalue weighted by atomic mass is 19.4. The summed E-state index contributed by atoms with van der Waals surface area (Å²) in [6, 6.07) is 6.33. The highest BCUT2D eigenvalue weighted by molar-refractivity contribution is 6.10. The number of halogens is 6. The van der Waals surface area contributed by atoms with E-state index in [-0.39, 0.29) is 46.7 Å². The molecule has 6 aromatic rings. The molecule has 16 heteroatoms. The number of ether oxygens (including phenoxy) is 1. The van der Waals surface area contributed by atoms with Gasteiger partial charge in [0.05, 0.1) is 69.3 Å². The number of alkyl halides is 6. The average molecular weight is 820 g/mol. The summed E-state index contributed by atoms with van der Waals surface area (Å²) in [5.41, 5.74) is 2.48. The van der Waals surface area contributed by atoms with Crippen LogP contribution in [0.15, 0.2) is 41.2 Å². The van der Waals surface area contributed by atoms with Crippen LogP contribution in [-0.2, 0) is 34.8 Å². The second kappa shape index (κ2) is 14.5. The van der Waals surface area contributed by atoms with E-state index < -0.39 is 53.0 Å². The number of benzene rings is 1. The zero-order valence-electron chi connectivity index (χ0n) is 33.0. The number of carbonyl (C=O) groups is 1. The number of nitrogens with one attached hydrogen (secondary N) is 2. The second-order valence-corrected chi connectivity index (χ2v) is 14.8. The van der Waals surface area contributed by atoms with Crippen molar-refractivity contribution in [3.8, 4) is 5.88 Å². The quantitative estimate of drug-likeness (QED) is 0.0968. The predicted molar refractivity (Wildman–Crippen MR) is 213 cm³/mol. The fourth-order valence-electron chi connectivity index (χ4n) is 8.04. The highest BCUT2D eigenvalue weighted by Crippen LogP contribution is 2.42. The van der Waals surface area contributed by atoms with E-state index in [9.17, 15) is 46.1 Å². The molecule has 308 valence electrons. The minimum atomic E-state index is -5.16. The van der Waals surface area contributed by atoms with Crippen LogP contribution in [-0.4, -0.2) is 47.8 Å². The van der Waals surface area contributed by atoms with Gasteiger partial charge in [0.25, 0.3) is 5.56 Å². The molecule has 0 radical (unpaired) electrons. The molecule has 0 unspecified atom stereocenters. The molecule has 0 spiro atoms. The Morgan fingerprint density at radius 2 is 1.46 bits per heavy atom. The zero-order chi connectivity index (χ0) is 43.0. The van der Waals surface area contributed by atoms with Gasteiger partial charge >= 0.3 is 18.3 Å². The lowest BCUT2D eigenvalue weighted by molar-refractivity contribution is -0.143. The van der Waals surface area contributed by atoms with Crippen LogP contribution in [0.3, 0.4) is 0 Å². The first-order chi connectivity index (χ1) is 27.6. The third-order valence-corrected chi connectivity index (χ3v) is 11.1. The Labute approximate surface area is 331 Å². The molecule has 0 aliphatic carbocycles. The van der Waals surface area contributed by atoms with Crippen LogP contribution in [0.4, 0.5) is 26.3 Å². The molecule has 0 fully saturated rings. The van der Waals surface area contributed by atoms with Gasteiger partial charge in [0.1, 0.15) is 0 Å². The fourth-order valence-corrected chi connectivity index (χ4v) is 8.04. The Hall–Kier alpha value is -6.32. The summed E-state index contributed by atoms with van der Waals surface area (Å²) in [6.07, 6.45) is -9.84. The minimum absolute atomic E-state index is 0.0118. The van der Waals surface area contributed by atoms with Gasteiger partial charge in [-0.05, 0) is 123 Å². The summed E-state index contributed by atoms with van der Waals surface area (Å²) < 4.78 is 89.3. The molecule has 1 aromatic carbocycles. The van der Waals surface area contributed by atoms with Crippen molar-refractivity contribution in [2.45, 2.75) is 79.7 Å². The van der Waals surface area contributed by atoms with Gasteiger partial charge in [-0.2, -0.15) is 26.3 Å². The fraction of sp³-hybridized carbons (Fsp3) is 0.302. The van der Waals surface area contributed by atoms with Crippen LogP contribution >= 0.6 is 0 Å². The number of H-pyrrole nitrogens is 2. The van der Waals surface area contributed by atoms with Gasteiger partial charge in [-0.1, -0.05) is 6.92 Å². The molecule has 59 heavy (non-hydrogen) atoms. The minimum Gasteiger partial charge on any atom is -0.512 e. The number of nitrogens with zero attached hydrogens (tertiary/aromatic N) is 3. The van der Waals surface area contributed by atoms with E-state index in [4.69, 9.17) is 14.7 Å². The Morgan fingerprint density at radius 3 is 2.05 bits per heavy atom. The topological polar surface area (TPSA) is 146 Å². The average Bonchev–Trinajstić information content (AvgIpc) is 3.84. The molecular formula is C43H39F6N5O5. The standard InChI is InChI=1S/C43H39F6N5O5/c1-8-26-18(2)28-16-33-35(22(6)55)20(4)30(51-33)14-29-19(3)27(9-10-34(56)59-7)38(52-29)37-39-36(21(5)31(53-39)15-32(26)50-28)40(57)54(41(37)58)17-23-11-24(42(44,45)46)13-25(12-23)43(47,48)49/h11-16,50-51,55,58H,8-10,17H2,1-7H3. The maximum atomic E-state index is 14.5. The van der Waals surface area contributed by atoms with Crippen molar-refractivity contribution in [2.75, 3.05) is 7.11 Å². The van der Waals surface area contributed by atoms with Crippen LogP contribution in [0.25, 0.3) is 60.8 Å². The summed E-state index contributed by atoms with van der Waals surface area (Å²) in [5.74, 6) is -1.31. The summed E-state index contributed by atoms with van der Waals surface area (Å²) >= 11 is 0. The van der Waals surface area contributed by atoms with Crippen molar-refractivity contribution in [1.82, 2.24) is 24.5 Å². The van der Waals surface area contributed by atoms with E-state index in [0.29, 0.717) is 78.4 Å². The van der Waals surface area contributed by atoms with Crippen LogP contribution in [0.5, 0.6) is 5.88 Å². The number of rotatable bonds is 6. The van der Waals surface area contributed by atoms with E-state index in [0.717, 1.165) is 16.6 Å². The largest absolute Gasteiger partial charge is 0.512 e. The molecule has 7 rings (SSSR count). The van der Waals surface area contributed by atoms with Crippen LogP contribution in [0, 0.1) is 20.8 Å². The molecule has 4 N–H and O–H groups in total. The third kappa shape index (κ3) is 7.03. The number of aliphatic hydroxyl groups is 1. The first-order valence-electron chi connectivity index (χ1n) is 18.6. The van der Waals surface area contributed by atoms with E-state index in [1.807, 2.05) is 26.8 Å². The Kier molecular flexibility index (Phi) is 10.0. The molecule has 0 saturated heterocycles. The van der Waals surface area contributed by atoms with Crippen molar-refractivity contribution >= 4 is 66.7 Å². The number of hydrogen-bond donors (Lipinski definition) is 4. The van der Waals surface area contributed by atoms with Crippen molar-refractivity contribution < 1.29 is 46.1 Å². The van der Waals surface area contributed by atoms with Crippen molar-refractivity contribution in [2.24, 2.45) is 0 Å². The number of allylic oxidation sites excluding steroid dienone is 2. The van der Waals surface area contributed by atoms with E-state index in [1.165, 1.54) is 7.11 Å². The summed E-state index contributed by atoms with van der Waals surface area (Å²) in [6.45, 7) is 9.75. The molecule has 0 saturated carbocycles. The monoisotopic (exact) mass is 819 g/mol. The summed E-state index contributed by atoms with van der Waals surface area (Å²) in [7, 11) is 1.22. The highest BCUT2D eigenvalue weighted by Gasteiger charge is 2.37. The van der Waals surface area contributed by atoms with Gasteiger partial charge < -0.3 is 24.9 Å². The number of aryl methyl sites for hydroxylation is 4. The number of aromatic hydroxyl groups is 1. The molecule has 0 atom stereocenters. The molecule has 6 heterocycles. The molecule has 10 nitrogen and oxygen atoms in total. The lowest BCUT2D eigenvalue weighted by Crippen LogP contribution is -2.22. The maximum absolute atomic E-state index is 14.5. The Balaban J connectivity index is 1.70. The first kappa shape index (κ1) is 40.9. The number of hydrogen-bond acceptors (Lipinski definition) is 7. The van der Waals surface area contributed by atoms with Crippen molar-refractivity contribution in [3.05, 3.63) is 102 Å². The maximum Gasteiger partial charge on any atom is 0.416 e. The van der Waals surface area contributed by atoms with Crippen molar-refractivity contribution in [3.63, 3.8) is 0 Å². The van der Waals surface area contributed by atoms with Crippen LogP contribution < -0.4 is 10.8 Å². The molecule has 1 aliphatic rings. The van der Waals surface area contributed by atoms with Crippen LogP contribution in [0.1, 0.15) is 83.9 Å². The van der Waals surface area contributed by atoms with Crippen LogP contribution in [0.2, 0.25) is 0 Å². The summed E-state index contributed by atoms with van der Waals surface area (Å²) in [4.78, 5) is 43.6. The number of methoxy groups -OCH3 is 1. The number of esters is 1. The zero-order valence-corrected chi connectivity index (χ0v) is 33.0. The first-order valence-corrected chi connectivity index (χ1v) is 18.6. The number of carbonyl (C=O) groups excluding carboxylic acids is 1. The normalized spacial score (nSPS) is 13.6. The van der Waals surface area contributed by atoms with Gasteiger partial charge in [-0.3, -0.25) is 14.2 Å². The van der Waals surface area contributed by atoms with Gasteiger partial charge in [0.15, 0.2) is 0 Å². The Morgan fingerprint density at radius 1 is 0.831 bits per heavy atom. The number of aliphatic hydroxyl groups excluding tert-OH is 1. The van der Waals surface area contributed by atoms with Gasteiger partial charge in [0, 0.05) is 28.2 Å². The van der Waals surface area contributed by atoms with E-state index in [1.54, 1.807) is 32.9 Å². The number of pyridine rings is 1. The molecule has 0 amide bonds.